The van der Waals surface area contributed by atoms with Crippen molar-refractivity contribution in [1.29, 1.82) is 0 Å². The highest BCUT2D eigenvalue weighted by Gasteiger charge is 2.17. The van der Waals surface area contributed by atoms with Gasteiger partial charge in [0.25, 0.3) is 0 Å². The Labute approximate surface area is 158 Å². The molecule has 0 aliphatic carbocycles. The van der Waals surface area contributed by atoms with Gasteiger partial charge in [0.1, 0.15) is 5.82 Å². The smallest absolute Gasteiger partial charge is 0.172 e. The van der Waals surface area contributed by atoms with Crippen LogP contribution in [0.2, 0.25) is 0 Å². The highest BCUT2D eigenvalue weighted by molar-refractivity contribution is 7.13. The predicted molar refractivity (Wildman–Crippen MR) is 110 cm³/mol. The molecule has 4 rings (SSSR count). The number of piperazine rings is 1. The predicted octanol–water partition coefficient (Wildman–Crippen LogP) is 3.41. The second-order valence-electron chi connectivity index (χ2n) is 7.04. The van der Waals surface area contributed by atoms with E-state index in [0.717, 1.165) is 60.1 Å². The highest BCUT2D eigenvalue weighted by Crippen LogP contribution is 2.27. The van der Waals surface area contributed by atoms with Gasteiger partial charge < -0.3 is 10.2 Å². The van der Waals surface area contributed by atoms with Crippen LogP contribution in [0.15, 0.2) is 41.8 Å². The Morgan fingerprint density at radius 3 is 2.65 bits per heavy atom. The zero-order chi connectivity index (χ0) is 17.9. The van der Waals surface area contributed by atoms with Crippen LogP contribution in [0.25, 0.3) is 21.6 Å². The maximum absolute atomic E-state index is 4.85. The number of benzene rings is 1. The van der Waals surface area contributed by atoms with Crippen LogP contribution in [-0.4, -0.2) is 65.6 Å². The van der Waals surface area contributed by atoms with Crippen LogP contribution in [0.3, 0.4) is 0 Å². The van der Waals surface area contributed by atoms with Gasteiger partial charge in [-0.3, -0.25) is 4.90 Å². The molecule has 1 unspecified atom stereocenters. The van der Waals surface area contributed by atoms with Gasteiger partial charge in [-0.2, -0.15) is 0 Å². The van der Waals surface area contributed by atoms with Crippen LogP contribution < -0.4 is 5.32 Å². The maximum atomic E-state index is 4.85. The third-order valence-electron chi connectivity index (χ3n) is 4.86. The molecule has 3 heterocycles. The molecule has 1 aliphatic heterocycles. The van der Waals surface area contributed by atoms with Crippen LogP contribution in [0.1, 0.15) is 6.92 Å². The lowest BCUT2D eigenvalue weighted by Gasteiger charge is -2.34. The number of hydrogen-bond donors (Lipinski definition) is 1. The van der Waals surface area contributed by atoms with Crippen LogP contribution in [-0.2, 0) is 0 Å². The molecule has 136 valence electrons. The van der Waals surface area contributed by atoms with Crippen molar-refractivity contribution in [2.24, 2.45) is 0 Å². The Hall–Kier alpha value is -2.02. The van der Waals surface area contributed by atoms with Crippen molar-refractivity contribution in [3.8, 4) is 10.7 Å². The van der Waals surface area contributed by atoms with Gasteiger partial charge in [0, 0.05) is 44.2 Å². The first-order valence-electron chi connectivity index (χ1n) is 9.17. The van der Waals surface area contributed by atoms with Crippen molar-refractivity contribution >= 4 is 28.1 Å². The monoisotopic (exact) mass is 367 g/mol. The molecule has 1 N–H and O–H groups in total. The molecule has 0 radical (unpaired) electrons. The van der Waals surface area contributed by atoms with Crippen LogP contribution in [0.4, 0.5) is 5.82 Å². The molecule has 6 heteroatoms. The van der Waals surface area contributed by atoms with Crippen molar-refractivity contribution in [2.75, 3.05) is 45.1 Å². The lowest BCUT2D eigenvalue weighted by molar-refractivity contribution is 0.151. The van der Waals surface area contributed by atoms with Gasteiger partial charge in [0.05, 0.1) is 10.4 Å². The van der Waals surface area contributed by atoms with E-state index in [1.807, 2.05) is 18.2 Å². The van der Waals surface area contributed by atoms with Crippen molar-refractivity contribution in [1.82, 2.24) is 19.8 Å². The first kappa shape index (κ1) is 17.4. The molecule has 0 amide bonds. The van der Waals surface area contributed by atoms with E-state index in [4.69, 9.17) is 9.97 Å². The number of nitrogens with zero attached hydrogens (tertiary/aromatic N) is 4. The molecule has 1 aromatic carbocycles. The van der Waals surface area contributed by atoms with Crippen molar-refractivity contribution in [3.63, 3.8) is 0 Å². The van der Waals surface area contributed by atoms with E-state index in [1.165, 1.54) is 0 Å². The molecule has 1 aliphatic rings. The Morgan fingerprint density at radius 1 is 1.08 bits per heavy atom. The minimum Gasteiger partial charge on any atom is -0.366 e. The second-order valence-corrected chi connectivity index (χ2v) is 7.99. The summed E-state index contributed by atoms with van der Waals surface area (Å²) in [6.45, 7) is 7.82. The zero-order valence-electron chi connectivity index (χ0n) is 15.4. The molecule has 0 spiro atoms. The van der Waals surface area contributed by atoms with Crippen LogP contribution in [0, 0.1) is 0 Å². The number of rotatable bonds is 5. The van der Waals surface area contributed by atoms with E-state index in [2.05, 4.69) is 52.7 Å². The molecule has 1 atom stereocenters. The van der Waals surface area contributed by atoms with E-state index in [1.54, 1.807) is 11.3 Å². The minimum absolute atomic E-state index is 0.327. The van der Waals surface area contributed by atoms with E-state index in [0.29, 0.717) is 6.04 Å². The summed E-state index contributed by atoms with van der Waals surface area (Å²) in [5.41, 5.74) is 0.986. The first-order chi connectivity index (χ1) is 12.7. The number of likely N-dealkylation sites (N-methyl/N-ethyl adjacent to an activating group) is 1. The number of anilines is 1. The van der Waals surface area contributed by atoms with Gasteiger partial charge in [-0.05, 0) is 37.6 Å². The topological polar surface area (TPSA) is 44.3 Å². The van der Waals surface area contributed by atoms with E-state index < -0.39 is 0 Å². The molecule has 2 aromatic heterocycles. The molecule has 1 saturated heterocycles. The fourth-order valence-corrected chi connectivity index (χ4v) is 4.06. The quantitative estimate of drug-likeness (QED) is 0.749. The first-order valence-corrected chi connectivity index (χ1v) is 10.0. The number of thiophene rings is 1. The highest BCUT2D eigenvalue weighted by atomic mass is 32.1. The molecular formula is C20H25N5S. The largest absolute Gasteiger partial charge is 0.366 e. The Morgan fingerprint density at radius 2 is 1.88 bits per heavy atom. The second kappa shape index (κ2) is 7.70. The number of aromatic nitrogens is 2. The normalized spacial score (nSPS) is 17.5. The summed E-state index contributed by atoms with van der Waals surface area (Å²) in [5.74, 6) is 1.73. The molecule has 26 heavy (non-hydrogen) atoms. The molecule has 5 nitrogen and oxygen atoms in total. The zero-order valence-corrected chi connectivity index (χ0v) is 16.2. The molecule has 1 fully saturated rings. The fourth-order valence-electron chi connectivity index (χ4n) is 3.40. The fraction of sp³-hybridized carbons (Fsp3) is 0.400. The Balaban J connectivity index is 1.56. The number of nitrogens with one attached hydrogen (secondary N) is 1. The average Bonchev–Trinajstić information content (AvgIpc) is 3.18. The van der Waals surface area contributed by atoms with Gasteiger partial charge in [0.2, 0.25) is 0 Å². The molecular weight excluding hydrogens is 342 g/mol. The molecule has 0 saturated carbocycles. The van der Waals surface area contributed by atoms with Gasteiger partial charge in [-0.25, -0.2) is 9.97 Å². The van der Waals surface area contributed by atoms with Crippen molar-refractivity contribution in [2.45, 2.75) is 13.0 Å². The third kappa shape index (κ3) is 3.87. The summed E-state index contributed by atoms with van der Waals surface area (Å²) >= 11 is 1.68. The molecule has 0 bridgehead atoms. The lowest BCUT2D eigenvalue weighted by atomic mass is 10.2. The summed E-state index contributed by atoms with van der Waals surface area (Å²) in [5, 5.41) is 6.79. The third-order valence-corrected chi connectivity index (χ3v) is 5.72. The summed E-state index contributed by atoms with van der Waals surface area (Å²) in [6.07, 6.45) is 0. The summed E-state index contributed by atoms with van der Waals surface area (Å²) in [6, 6.07) is 12.7. The lowest BCUT2D eigenvalue weighted by Crippen LogP contribution is -2.47. The number of para-hydroxylation sites is 1. The summed E-state index contributed by atoms with van der Waals surface area (Å²) in [4.78, 5) is 15.6. The van der Waals surface area contributed by atoms with Gasteiger partial charge >= 0.3 is 0 Å². The van der Waals surface area contributed by atoms with Crippen molar-refractivity contribution < 1.29 is 0 Å². The SMILES string of the molecule is CC(CN1CCN(C)CC1)Nc1nc(-c2cccs2)nc2ccccc12. The average molecular weight is 368 g/mol. The number of fused-ring (bicyclic) bond motifs is 1. The number of hydrogen-bond acceptors (Lipinski definition) is 6. The van der Waals surface area contributed by atoms with Crippen LogP contribution in [0.5, 0.6) is 0 Å². The standard InChI is InChI=1S/C20H25N5S/c1-15(14-25-11-9-24(2)10-12-25)21-19-16-6-3-4-7-17(16)22-20(23-19)18-8-5-13-26-18/h3-8,13,15H,9-12,14H2,1-2H3,(H,21,22,23). The minimum atomic E-state index is 0.327. The summed E-state index contributed by atoms with van der Waals surface area (Å²) < 4.78 is 0. The summed E-state index contributed by atoms with van der Waals surface area (Å²) in [7, 11) is 2.19. The Bertz CT molecular complexity index is 856. The van der Waals surface area contributed by atoms with Gasteiger partial charge in [-0.15, -0.1) is 11.3 Å². The van der Waals surface area contributed by atoms with E-state index in [9.17, 15) is 0 Å². The Kier molecular flexibility index (Phi) is 5.15. The van der Waals surface area contributed by atoms with E-state index >= 15 is 0 Å². The van der Waals surface area contributed by atoms with Crippen molar-refractivity contribution in [3.05, 3.63) is 41.8 Å². The maximum Gasteiger partial charge on any atom is 0.172 e. The van der Waals surface area contributed by atoms with Gasteiger partial charge in [-0.1, -0.05) is 18.2 Å². The van der Waals surface area contributed by atoms with Gasteiger partial charge in [0.15, 0.2) is 5.82 Å². The molecule has 3 aromatic rings. The van der Waals surface area contributed by atoms with E-state index in [-0.39, 0.29) is 0 Å². The van der Waals surface area contributed by atoms with Crippen LogP contribution >= 0.6 is 11.3 Å².